The van der Waals surface area contributed by atoms with E-state index < -0.39 is 0 Å². The molecule has 0 spiro atoms. The van der Waals surface area contributed by atoms with Gasteiger partial charge in [-0.1, -0.05) is 18.6 Å². The summed E-state index contributed by atoms with van der Waals surface area (Å²) in [6.45, 7) is 4.76. The first-order valence-corrected chi connectivity index (χ1v) is 8.89. The summed E-state index contributed by atoms with van der Waals surface area (Å²) in [5, 5.41) is 0. The molecule has 2 amide bonds. The van der Waals surface area contributed by atoms with Crippen molar-refractivity contribution < 1.29 is 14.3 Å². The molecule has 0 aromatic heterocycles. The van der Waals surface area contributed by atoms with Crippen molar-refractivity contribution >= 4 is 11.8 Å². The molecule has 1 aromatic carbocycles. The van der Waals surface area contributed by atoms with E-state index in [9.17, 15) is 9.59 Å². The first-order chi connectivity index (χ1) is 11.6. The molecule has 2 aliphatic rings. The van der Waals surface area contributed by atoms with Crippen LogP contribution in [0, 0.1) is 12.8 Å². The zero-order valence-corrected chi connectivity index (χ0v) is 14.4. The normalized spacial score (nSPS) is 18.7. The van der Waals surface area contributed by atoms with E-state index in [1.807, 2.05) is 41.0 Å². The minimum atomic E-state index is -0.00514. The summed E-state index contributed by atoms with van der Waals surface area (Å²) < 4.78 is 5.61. The Bertz CT molecular complexity index is 598. The highest BCUT2D eigenvalue weighted by atomic mass is 16.5. The van der Waals surface area contributed by atoms with E-state index >= 15 is 0 Å². The minimum absolute atomic E-state index is 0.00514. The third-order valence-corrected chi connectivity index (χ3v) is 4.97. The van der Waals surface area contributed by atoms with Crippen molar-refractivity contribution in [3.8, 4) is 5.75 Å². The fraction of sp³-hybridized carbons (Fsp3) is 0.579. The summed E-state index contributed by atoms with van der Waals surface area (Å²) in [6, 6.07) is 7.71. The summed E-state index contributed by atoms with van der Waals surface area (Å²) in [5.41, 5.74) is 1.11. The number of aryl methyl sites for hydroxylation is 1. The van der Waals surface area contributed by atoms with E-state index in [2.05, 4.69) is 0 Å². The number of nitrogens with zero attached hydrogens (tertiary/aromatic N) is 2. The van der Waals surface area contributed by atoms with Crippen LogP contribution in [0.15, 0.2) is 24.3 Å². The van der Waals surface area contributed by atoms with Gasteiger partial charge in [-0.2, -0.15) is 0 Å². The van der Waals surface area contributed by atoms with E-state index in [-0.39, 0.29) is 24.3 Å². The molecule has 5 heteroatoms. The van der Waals surface area contributed by atoms with Crippen LogP contribution in [-0.2, 0) is 9.59 Å². The van der Waals surface area contributed by atoms with E-state index in [1.165, 1.54) is 6.42 Å². The largest absolute Gasteiger partial charge is 0.484 e. The van der Waals surface area contributed by atoms with Crippen molar-refractivity contribution in [3.05, 3.63) is 29.8 Å². The van der Waals surface area contributed by atoms with Gasteiger partial charge in [0.25, 0.3) is 5.91 Å². The average Bonchev–Trinajstić information content (AvgIpc) is 2.77. The zero-order chi connectivity index (χ0) is 16.9. The molecule has 24 heavy (non-hydrogen) atoms. The van der Waals surface area contributed by atoms with E-state index in [4.69, 9.17) is 4.74 Å². The number of benzene rings is 1. The monoisotopic (exact) mass is 330 g/mol. The lowest BCUT2D eigenvalue weighted by Gasteiger charge is -2.31. The van der Waals surface area contributed by atoms with Crippen LogP contribution in [0.3, 0.4) is 0 Å². The van der Waals surface area contributed by atoms with Crippen molar-refractivity contribution in [2.45, 2.75) is 32.6 Å². The molecule has 1 aliphatic heterocycles. The zero-order valence-electron chi connectivity index (χ0n) is 14.4. The van der Waals surface area contributed by atoms with Crippen LogP contribution in [0.25, 0.3) is 0 Å². The molecule has 130 valence electrons. The van der Waals surface area contributed by atoms with Crippen molar-refractivity contribution in [3.63, 3.8) is 0 Å². The van der Waals surface area contributed by atoms with Gasteiger partial charge in [-0.3, -0.25) is 9.59 Å². The van der Waals surface area contributed by atoms with Gasteiger partial charge in [0.1, 0.15) is 5.75 Å². The molecule has 2 fully saturated rings. The second-order valence-electron chi connectivity index (χ2n) is 6.79. The van der Waals surface area contributed by atoms with Crippen molar-refractivity contribution in [2.24, 2.45) is 5.92 Å². The number of hydrogen-bond acceptors (Lipinski definition) is 3. The fourth-order valence-corrected chi connectivity index (χ4v) is 3.24. The molecule has 1 saturated heterocycles. The Hall–Kier alpha value is -2.04. The number of rotatable bonds is 4. The third kappa shape index (κ3) is 4.08. The summed E-state index contributed by atoms with van der Waals surface area (Å²) >= 11 is 0. The highest BCUT2D eigenvalue weighted by Crippen LogP contribution is 2.28. The number of ether oxygens (including phenoxy) is 1. The maximum Gasteiger partial charge on any atom is 0.260 e. The van der Waals surface area contributed by atoms with Gasteiger partial charge in [-0.05, 0) is 43.9 Å². The molecular weight excluding hydrogens is 304 g/mol. The number of amides is 2. The molecule has 0 atom stereocenters. The Kier molecular flexibility index (Phi) is 5.38. The van der Waals surface area contributed by atoms with Crippen LogP contribution < -0.4 is 4.74 Å². The molecule has 1 saturated carbocycles. The number of carbonyl (C=O) groups is 2. The minimum Gasteiger partial charge on any atom is -0.484 e. The summed E-state index contributed by atoms with van der Waals surface area (Å²) in [5.74, 6) is 1.23. The Morgan fingerprint density at radius 1 is 1.08 bits per heavy atom. The number of carbonyl (C=O) groups excluding carboxylic acids is 2. The molecule has 0 N–H and O–H groups in total. The molecule has 5 nitrogen and oxygen atoms in total. The molecule has 1 aromatic rings. The van der Waals surface area contributed by atoms with Crippen LogP contribution in [0.5, 0.6) is 5.75 Å². The molecule has 1 aliphatic carbocycles. The van der Waals surface area contributed by atoms with E-state index in [0.29, 0.717) is 19.6 Å². The highest BCUT2D eigenvalue weighted by molar-refractivity contribution is 5.80. The maximum absolute atomic E-state index is 12.4. The SMILES string of the molecule is Cc1cccc(OCC(=O)N2CCCN(C(=O)C3CCC3)CC2)c1. The van der Waals surface area contributed by atoms with Crippen molar-refractivity contribution in [1.82, 2.24) is 9.80 Å². The third-order valence-electron chi connectivity index (χ3n) is 4.97. The van der Waals surface area contributed by atoms with E-state index in [1.54, 1.807) is 0 Å². The van der Waals surface area contributed by atoms with Crippen LogP contribution in [-0.4, -0.2) is 54.4 Å². The Morgan fingerprint density at radius 3 is 2.54 bits per heavy atom. The van der Waals surface area contributed by atoms with Gasteiger partial charge in [-0.25, -0.2) is 0 Å². The van der Waals surface area contributed by atoms with Crippen molar-refractivity contribution in [1.29, 1.82) is 0 Å². The average molecular weight is 330 g/mol. The first-order valence-electron chi connectivity index (χ1n) is 8.89. The lowest BCUT2D eigenvalue weighted by Crippen LogP contribution is -2.42. The molecule has 0 radical (unpaired) electrons. The van der Waals surface area contributed by atoms with Gasteiger partial charge < -0.3 is 14.5 Å². The van der Waals surface area contributed by atoms with E-state index in [0.717, 1.165) is 37.1 Å². The lowest BCUT2D eigenvalue weighted by molar-refractivity contribution is -0.139. The van der Waals surface area contributed by atoms with Crippen LogP contribution in [0.2, 0.25) is 0 Å². The Labute approximate surface area is 143 Å². The second-order valence-corrected chi connectivity index (χ2v) is 6.79. The second kappa shape index (κ2) is 7.69. The predicted molar refractivity (Wildman–Crippen MR) is 91.8 cm³/mol. The lowest BCUT2D eigenvalue weighted by atomic mass is 9.84. The molecular formula is C19H26N2O3. The molecule has 3 rings (SSSR count). The standard InChI is InChI=1S/C19H26N2O3/c1-15-5-2-8-17(13-15)24-14-18(22)20-9-4-10-21(12-11-20)19(23)16-6-3-7-16/h2,5,8,13,16H,3-4,6-7,9-12,14H2,1H3. The van der Waals surface area contributed by atoms with Crippen LogP contribution in [0.4, 0.5) is 0 Å². The topological polar surface area (TPSA) is 49.9 Å². The summed E-state index contributed by atoms with van der Waals surface area (Å²) in [4.78, 5) is 28.5. The molecule has 0 bridgehead atoms. The van der Waals surface area contributed by atoms with Gasteiger partial charge in [0.15, 0.2) is 6.61 Å². The highest BCUT2D eigenvalue weighted by Gasteiger charge is 2.30. The summed E-state index contributed by atoms with van der Waals surface area (Å²) in [6.07, 6.45) is 4.07. The van der Waals surface area contributed by atoms with Gasteiger partial charge in [0.2, 0.25) is 5.91 Å². The Balaban J connectivity index is 1.48. The Morgan fingerprint density at radius 2 is 1.83 bits per heavy atom. The predicted octanol–water partition coefficient (Wildman–Crippen LogP) is 2.23. The molecule has 1 heterocycles. The first kappa shape index (κ1) is 16.8. The van der Waals surface area contributed by atoms with Gasteiger partial charge in [0, 0.05) is 32.1 Å². The van der Waals surface area contributed by atoms with Gasteiger partial charge >= 0.3 is 0 Å². The number of hydrogen-bond donors (Lipinski definition) is 0. The smallest absolute Gasteiger partial charge is 0.260 e. The maximum atomic E-state index is 12.4. The van der Waals surface area contributed by atoms with Crippen LogP contribution >= 0.6 is 0 Å². The van der Waals surface area contributed by atoms with Crippen LogP contribution in [0.1, 0.15) is 31.2 Å². The van der Waals surface area contributed by atoms with Crippen molar-refractivity contribution in [2.75, 3.05) is 32.8 Å². The van der Waals surface area contributed by atoms with Gasteiger partial charge in [-0.15, -0.1) is 0 Å². The summed E-state index contributed by atoms with van der Waals surface area (Å²) in [7, 11) is 0. The molecule has 0 unspecified atom stereocenters. The van der Waals surface area contributed by atoms with Gasteiger partial charge in [0.05, 0.1) is 0 Å². The quantitative estimate of drug-likeness (QED) is 0.851. The fourth-order valence-electron chi connectivity index (χ4n) is 3.24.